The maximum absolute atomic E-state index is 5.45. The lowest BCUT2D eigenvalue weighted by Crippen LogP contribution is -1.97. The molecule has 2 rings (SSSR count). The third kappa shape index (κ3) is 3.72. The topological polar surface area (TPSA) is 18.5 Å². The molecule has 0 bridgehead atoms. The van der Waals surface area contributed by atoms with Gasteiger partial charge in [0.05, 0.1) is 13.2 Å². The molecule has 3 heteroatoms. The fourth-order valence-corrected chi connectivity index (χ4v) is 1.79. The summed E-state index contributed by atoms with van der Waals surface area (Å²) in [7, 11) is 0. The van der Waals surface area contributed by atoms with E-state index in [1.807, 2.05) is 0 Å². The van der Waals surface area contributed by atoms with E-state index in [1.54, 1.807) is 0 Å². The molecule has 0 unspecified atom stereocenters. The molecule has 0 saturated carbocycles. The quantitative estimate of drug-likeness (QED) is 0.737. The van der Waals surface area contributed by atoms with Gasteiger partial charge in [-0.25, -0.2) is 0 Å². The summed E-state index contributed by atoms with van der Waals surface area (Å²) < 4.78 is 10.9. The molecular formula is C14H19BO2. The monoisotopic (exact) mass is 230 g/mol. The fraction of sp³-hybridized carbons (Fsp3) is 0.429. The van der Waals surface area contributed by atoms with E-state index in [1.165, 1.54) is 5.56 Å². The van der Waals surface area contributed by atoms with Crippen LogP contribution in [0.4, 0.5) is 0 Å². The van der Waals surface area contributed by atoms with Crippen LogP contribution in [0, 0.1) is 0 Å². The molecule has 1 fully saturated rings. The van der Waals surface area contributed by atoms with E-state index in [0.29, 0.717) is 19.9 Å². The van der Waals surface area contributed by atoms with E-state index in [0.717, 1.165) is 11.9 Å². The predicted octanol–water partition coefficient (Wildman–Crippen LogP) is 3.50. The van der Waals surface area contributed by atoms with Crippen LogP contribution in [0.25, 0.3) is 6.08 Å². The average molecular weight is 230 g/mol. The Bertz CT molecular complexity index is 364. The molecule has 0 aliphatic carbocycles. The lowest BCUT2D eigenvalue weighted by atomic mass is 9.52. The van der Waals surface area contributed by atoms with Crippen molar-refractivity contribution in [2.45, 2.75) is 26.3 Å². The summed E-state index contributed by atoms with van der Waals surface area (Å²) in [5.41, 5.74) is 2.33. The Kier molecular flexibility index (Phi) is 4.40. The van der Waals surface area contributed by atoms with Gasteiger partial charge in [0, 0.05) is 5.56 Å². The fourth-order valence-electron chi connectivity index (χ4n) is 1.79. The van der Waals surface area contributed by atoms with E-state index in [-0.39, 0.29) is 6.29 Å². The maximum Gasteiger partial charge on any atom is 0.184 e. The van der Waals surface area contributed by atoms with Crippen molar-refractivity contribution in [2.24, 2.45) is 0 Å². The Morgan fingerprint density at radius 3 is 2.41 bits per heavy atom. The van der Waals surface area contributed by atoms with Crippen molar-refractivity contribution >= 4 is 12.8 Å². The molecule has 0 spiro atoms. The van der Waals surface area contributed by atoms with Crippen molar-refractivity contribution in [3.8, 4) is 0 Å². The number of rotatable bonds is 4. The van der Waals surface area contributed by atoms with Gasteiger partial charge in [0.1, 0.15) is 6.71 Å². The molecule has 0 aromatic heterocycles. The Morgan fingerprint density at radius 1 is 1.18 bits per heavy atom. The second-order valence-corrected chi connectivity index (χ2v) is 4.77. The largest absolute Gasteiger partial charge is 0.346 e. The Labute approximate surface area is 104 Å². The van der Waals surface area contributed by atoms with Gasteiger partial charge >= 0.3 is 0 Å². The van der Waals surface area contributed by atoms with Crippen LogP contribution in [0.3, 0.4) is 0 Å². The smallest absolute Gasteiger partial charge is 0.184 e. The number of ether oxygens (including phenoxy) is 2. The molecule has 0 radical (unpaired) electrons. The first-order valence-corrected chi connectivity index (χ1v) is 6.25. The van der Waals surface area contributed by atoms with Crippen molar-refractivity contribution < 1.29 is 9.47 Å². The van der Waals surface area contributed by atoms with Crippen LogP contribution in [0.5, 0.6) is 0 Å². The van der Waals surface area contributed by atoms with Gasteiger partial charge in [0.2, 0.25) is 0 Å². The number of hydrogen-bond acceptors (Lipinski definition) is 2. The molecule has 0 N–H and O–H groups in total. The summed E-state index contributed by atoms with van der Waals surface area (Å²) in [5.74, 6) is 0. The molecule has 1 aliphatic rings. The Morgan fingerprint density at radius 2 is 1.82 bits per heavy atom. The lowest BCUT2D eigenvalue weighted by Gasteiger charge is -2.08. The van der Waals surface area contributed by atoms with Crippen LogP contribution >= 0.6 is 0 Å². The highest BCUT2D eigenvalue weighted by molar-refractivity contribution is 6.56. The van der Waals surface area contributed by atoms with Crippen molar-refractivity contribution in [2.75, 3.05) is 13.2 Å². The Balaban J connectivity index is 1.95. The SMILES string of the molecule is CB(C)C/C=C/c1ccc(C2OCCO2)cc1. The van der Waals surface area contributed by atoms with E-state index in [9.17, 15) is 0 Å². The van der Waals surface area contributed by atoms with Crippen molar-refractivity contribution in [3.63, 3.8) is 0 Å². The van der Waals surface area contributed by atoms with Gasteiger partial charge in [-0.05, 0) is 5.56 Å². The van der Waals surface area contributed by atoms with Gasteiger partial charge in [-0.15, -0.1) is 0 Å². The highest BCUT2D eigenvalue weighted by atomic mass is 16.7. The molecule has 0 atom stereocenters. The third-order valence-corrected chi connectivity index (χ3v) is 2.75. The second kappa shape index (κ2) is 6.03. The second-order valence-electron chi connectivity index (χ2n) is 4.77. The molecule has 0 amide bonds. The van der Waals surface area contributed by atoms with E-state index < -0.39 is 0 Å². The molecule has 17 heavy (non-hydrogen) atoms. The van der Waals surface area contributed by atoms with Crippen molar-refractivity contribution in [3.05, 3.63) is 41.5 Å². The summed E-state index contributed by atoms with van der Waals surface area (Å²) >= 11 is 0. The van der Waals surface area contributed by atoms with Crippen LogP contribution in [-0.2, 0) is 9.47 Å². The minimum atomic E-state index is -0.163. The molecule has 1 heterocycles. The Hall–Kier alpha value is -1.06. The van der Waals surface area contributed by atoms with Crippen LogP contribution in [0.2, 0.25) is 20.0 Å². The van der Waals surface area contributed by atoms with Crippen molar-refractivity contribution in [1.82, 2.24) is 0 Å². The number of hydrogen-bond donors (Lipinski definition) is 0. The first-order valence-electron chi connectivity index (χ1n) is 6.25. The average Bonchev–Trinajstić information content (AvgIpc) is 2.83. The summed E-state index contributed by atoms with van der Waals surface area (Å²) in [6.45, 7) is 6.55. The first-order chi connectivity index (χ1) is 8.25. The van der Waals surface area contributed by atoms with Crippen LogP contribution in [-0.4, -0.2) is 19.9 Å². The van der Waals surface area contributed by atoms with Crippen LogP contribution in [0.15, 0.2) is 30.3 Å². The third-order valence-electron chi connectivity index (χ3n) is 2.75. The molecular weight excluding hydrogens is 211 g/mol. The summed E-state index contributed by atoms with van der Waals surface area (Å²) in [6.07, 6.45) is 5.35. The lowest BCUT2D eigenvalue weighted by molar-refractivity contribution is -0.0441. The molecule has 1 aliphatic heterocycles. The normalized spacial score (nSPS) is 16.8. The van der Waals surface area contributed by atoms with E-state index in [4.69, 9.17) is 9.47 Å². The minimum Gasteiger partial charge on any atom is -0.346 e. The molecule has 90 valence electrons. The van der Waals surface area contributed by atoms with E-state index in [2.05, 4.69) is 50.1 Å². The van der Waals surface area contributed by atoms with Gasteiger partial charge < -0.3 is 9.47 Å². The standard InChI is InChI=1S/C14H19BO2/c1-15(2)9-3-4-12-5-7-13(8-6-12)14-16-10-11-17-14/h3-8,14H,9-11H2,1-2H3/b4-3+. The van der Waals surface area contributed by atoms with E-state index >= 15 is 0 Å². The highest BCUT2D eigenvalue weighted by Gasteiger charge is 2.17. The zero-order valence-corrected chi connectivity index (χ0v) is 10.6. The van der Waals surface area contributed by atoms with Gasteiger partial charge in [0.25, 0.3) is 0 Å². The van der Waals surface area contributed by atoms with Crippen LogP contribution < -0.4 is 0 Å². The van der Waals surface area contributed by atoms with Gasteiger partial charge in [-0.1, -0.05) is 56.4 Å². The molecule has 1 aromatic rings. The van der Waals surface area contributed by atoms with Gasteiger partial charge in [-0.3, -0.25) is 0 Å². The summed E-state index contributed by atoms with van der Waals surface area (Å²) in [4.78, 5) is 0. The van der Waals surface area contributed by atoms with Crippen LogP contribution in [0.1, 0.15) is 17.4 Å². The minimum absolute atomic E-state index is 0.163. The van der Waals surface area contributed by atoms with Gasteiger partial charge in [-0.2, -0.15) is 0 Å². The molecule has 1 aromatic carbocycles. The zero-order chi connectivity index (χ0) is 12.1. The zero-order valence-electron chi connectivity index (χ0n) is 10.6. The molecule has 1 saturated heterocycles. The summed E-state index contributed by atoms with van der Waals surface area (Å²) in [5, 5.41) is 0. The number of benzene rings is 1. The highest BCUT2D eigenvalue weighted by Crippen LogP contribution is 2.23. The number of allylic oxidation sites excluding steroid dienone is 1. The first kappa shape index (κ1) is 12.4. The predicted molar refractivity (Wildman–Crippen MR) is 72.4 cm³/mol. The molecule has 2 nitrogen and oxygen atoms in total. The summed E-state index contributed by atoms with van der Waals surface area (Å²) in [6, 6.07) is 8.37. The maximum atomic E-state index is 5.45. The van der Waals surface area contributed by atoms with Crippen molar-refractivity contribution in [1.29, 1.82) is 0 Å². The van der Waals surface area contributed by atoms with Gasteiger partial charge in [0.15, 0.2) is 6.29 Å².